The molecular formula is C33H22N2. The van der Waals surface area contributed by atoms with Gasteiger partial charge in [0.05, 0.1) is 17.6 Å². The highest BCUT2D eigenvalue weighted by Crippen LogP contribution is 2.56. The van der Waals surface area contributed by atoms with Crippen molar-refractivity contribution in [1.82, 2.24) is 4.98 Å². The molecule has 5 aromatic rings. The molecule has 2 nitrogen and oxygen atoms in total. The van der Waals surface area contributed by atoms with E-state index >= 15 is 0 Å². The SMILES string of the molecule is c1ccc2c(c1)Cc1c-2ccc2c1Cc1cc3c4c(c1-2)Cc1ccccc1N4c1cnccc1C3. The molecule has 3 heterocycles. The summed E-state index contributed by atoms with van der Waals surface area (Å²) < 4.78 is 0. The molecular weight excluding hydrogens is 424 g/mol. The molecule has 0 spiro atoms. The number of benzene rings is 4. The van der Waals surface area contributed by atoms with Crippen molar-refractivity contribution in [2.75, 3.05) is 4.90 Å². The van der Waals surface area contributed by atoms with Crippen molar-refractivity contribution >= 4 is 17.1 Å². The molecule has 35 heavy (non-hydrogen) atoms. The highest BCUT2D eigenvalue weighted by molar-refractivity contribution is 5.96. The number of anilines is 3. The predicted molar refractivity (Wildman–Crippen MR) is 141 cm³/mol. The summed E-state index contributed by atoms with van der Waals surface area (Å²) in [4.78, 5) is 7.02. The fourth-order valence-electron chi connectivity index (χ4n) is 7.23. The summed E-state index contributed by atoms with van der Waals surface area (Å²) in [6.45, 7) is 0. The largest absolute Gasteiger partial charge is 0.308 e. The first-order chi connectivity index (χ1) is 17.3. The van der Waals surface area contributed by atoms with Crippen LogP contribution in [-0.2, 0) is 25.7 Å². The Morgan fingerprint density at radius 3 is 2.26 bits per heavy atom. The van der Waals surface area contributed by atoms with E-state index in [-0.39, 0.29) is 0 Å². The molecule has 0 N–H and O–H groups in total. The van der Waals surface area contributed by atoms with Crippen molar-refractivity contribution in [1.29, 1.82) is 0 Å². The van der Waals surface area contributed by atoms with Crippen LogP contribution in [0.1, 0.15) is 44.5 Å². The summed E-state index contributed by atoms with van der Waals surface area (Å²) in [6.07, 6.45) is 8.06. The maximum absolute atomic E-state index is 4.52. The maximum Gasteiger partial charge on any atom is 0.0680 e. The lowest BCUT2D eigenvalue weighted by Gasteiger charge is -2.40. The van der Waals surface area contributed by atoms with Gasteiger partial charge in [-0.05, 0) is 91.7 Å². The van der Waals surface area contributed by atoms with Crippen LogP contribution in [0.3, 0.4) is 0 Å². The normalized spacial score (nSPS) is 14.9. The second-order valence-corrected chi connectivity index (χ2v) is 10.3. The highest BCUT2D eigenvalue weighted by atomic mass is 15.2. The molecule has 0 saturated heterocycles. The van der Waals surface area contributed by atoms with Crippen LogP contribution < -0.4 is 4.90 Å². The Morgan fingerprint density at radius 2 is 1.29 bits per heavy atom. The molecule has 0 radical (unpaired) electrons. The van der Waals surface area contributed by atoms with E-state index in [1.807, 2.05) is 6.20 Å². The van der Waals surface area contributed by atoms with Crippen LogP contribution >= 0.6 is 0 Å². The average Bonchev–Trinajstić information content (AvgIpc) is 3.46. The Kier molecular flexibility index (Phi) is 3.27. The Balaban J connectivity index is 1.32. The van der Waals surface area contributed by atoms with Gasteiger partial charge >= 0.3 is 0 Å². The summed E-state index contributed by atoms with van der Waals surface area (Å²) in [5, 5.41) is 0. The van der Waals surface area contributed by atoms with Crippen LogP contribution in [0.4, 0.5) is 17.1 Å². The van der Waals surface area contributed by atoms with Crippen LogP contribution in [-0.4, -0.2) is 4.98 Å². The monoisotopic (exact) mass is 446 g/mol. The molecule has 2 aliphatic carbocycles. The maximum atomic E-state index is 4.52. The molecule has 4 aromatic carbocycles. The van der Waals surface area contributed by atoms with E-state index in [1.54, 1.807) is 11.1 Å². The Bertz CT molecular complexity index is 1750. The van der Waals surface area contributed by atoms with Gasteiger partial charge in [0.2, 0.25) is 0 Å². The van der Waals surface area contributed by atoms with Gasteiger partial charge in [-0.3, -0.25) is 4.98 Å². The third kappa shape index (κ3) is 2.23. The summed E-state index contributed by atoms with van der Waals surface area (Å²) in [7, 11) is 0. The molecule has 4 aliphatic rings. The van der Waals surface area contributed by atoms with Crippen LogP contribution in [0, 0.1) is 0 Å². The number of fused-ring (bicyclic) bond motifs is 12. The first-order valence-electron chi connectivity index (χ1n) is 12.6. The second kappa shape index (κ2) is 6.28. The molecule has 2 heteroatoms. The highest BCUT2D eigenvalue weighted by Gasteiger charge is 2.37. The molecule has 0 amide bonds. The van der Waals surface area contributed by atoms with E-state index in [4.69, 9.17) is 0 Å². The molecule has 9 rings (SSSR count). The number of aromatic nitrogens is 1. The van der Waals surface area contributed by atoms with Gasteiger partial charge in [0, 0.05) is 24.7 Å². The van der Waals surface area contributed by atoms with Gasteiger partial charge in [-0.2, -0.15) is 0 Å². The predicted octanol–water partition coefficient (Wildman–Crippen LogP) is 7.50. The minimum absolute atomic E-state index is 0.978. The van der Waals surface area contributed by atoms with E-state index < -0.39 is 0 Å². The van der Waals surface area contributed by atoms with Crippen molar-refractivity contribution in [3.8, 4) is 22.3 Å². The summed E-state index contributed by atoms with van der Waals surface area (Å²) in [5.74, 6) is 0. The zero-order valence-electron chi connectivity index (χ0n) is 19.3. The van der Waals surface area contributed by atoms with E-state index in [0.717, 1.165) is 25.7 Å². The molecule has 0 unspecified atom stereocenters. The minimum Gasteiger partial charge on any atom is -0.308 e. The number of para-hydroxylation sites is 1. The van der Waals surface area contributed by atoms with Crippen LogP contribution in [0.2, 0.25) is 0 Å². The average molecular weight is 447 g/mol. The number of hydrogen-bond donors (Lipinski definition) is 0. The molecule has 0 fully saturated rings. The van der Waals surface area contributed by atoms with E-state index in [9.17, 15) is 0 Å². The van der Waals surface area contributed by atoms with Gasteiger partial charge < -0.3 is 4.90 Å². The van der Waals surface area contributed by atoms with Gasteiger partial charge in [0.1, 0.15) is 0 Å². The molecule has 2 aliphatic heterocycles. The number of nitrogens with zero attached hydrogens (tertiary/aromatic N) is 2. The quantitative estimate of drug-likeness (QED) is 0.240. The van der Waals surface area contributed by atoms with E-state index in [2.05, 4.69) is 88.9 Å². The minimum atomic E-state index is 0.978. The van der Waals surface area contributed by atoms with Gasteiger partial charge in [-0.1, -0.05) is 60.7 Å². The fraction of sp³-hybridized carbons (Fsp3) is 0.121. The standard InChI is InChI=1S/C33H22N2/c1-3-7-24-19(5-1)15-27-25(24)9-10-26-28(27)17-22-14-23-13-21-11-12-34-18-31(21)35-30-8-4-2-6-20(30)16-29(32(22)26)33(23)35/h1-12,14,18H,13,15-17H2. The number of hydrogen-bond acceptors (Lipinski definition) is 2. The third-order valence-electron chi connectivity index (χ3n) is 8.64. The Morgan fingerprint density at radius 1 is 0.543 bits per heavy atom. The Labute approximate surface area is 204 Å². The lowest BCUT2D eigenvalue weighted by atomic mass is 9.82. The van der Waals surface area contributed by atoms with Gasteiger partial charge in [0.25, 0.3) is 0 Å². The van der Waals surface area contributed by atoms with Crippen molar-refractivity contribution in [3.63, 3.8) is 0 Å². The van der Waals surface area contributed by atoms with Gasteiger partial charge in [0.15, 0.2) is 0 Å². The first kappa shape index (κ1) is 18.2. The smallest absolute Gasteiger partial charge is 0.0680 e. The third-order valence-corrected chi connectivity index (χ3v) is 8.64. The van der Waals surface area contributed by atoms with E-state index in [1.165, 1.54) is 72.7 Å². The van der Waals surface area contributed by atoms with E-state index in [0.29, 0.717) is 0 Å². The van der Waals surface area contributed by atoms with Crippen LogP contribution in [0.25, 0.3) is 22.3 Å². The first-order valence-corrected chi connectivity index (χ1v) is 12.6. The second-order valence-electron chi connectivity index (χ2n) is 10.3. The Hall–Kier alpha value is -4.17. The summed E-state index contributed by atoms with van der Waals surface area (Å²) in [6, 6.07) is 27.4. The zero-order chi connectivity index (χ0) is 22.7. The molecule has 1 aromatic heterocycles. The summed E-state index contributed by atoms with van der Waals surface area (Å²) in [5.41, 5.74) is 21.5. The molecule has 164 valence electrons. The van der Waals surface area contributed by atoms with Gasteiger partial charge in [-0.15, -0.1) is 0 Å². The fourth-order valence-corrected chi connectivity index (χ4v) is 7.23. The molecule has 0 saturated carbocycles. The topological polar surface area (TPSA) is 16.1 Å². The molecule has 0 atom stereocenters. The lowest BCUT2D eigenvalue weighted by Crippen LogP contribution is -2.25. The van der Waals surface area contributed by atoms with Crippen molar-refractivity contribution < 1.29 is 0 Å². The van der Waals surface area contributed by atoms with Crippen molar-refractivity contribution in [2.24, 2.45) is 0 Å². The summed E-state index contributed by atoms with van der Waals surface area (Å²) >= 11 is 0. The lowest BCUT2D eigenvalue weighted by molar-refractivity contribution is 0.997. The van der Waals surface area contributed by atoms with Gasteiger partial charge in [-0.25, -0.2) is 0 Å². The van der Waals surface area contributed by atoms with Crippen molar-refractivity contribution in [2.45, 2.75) is 25.7 Å². The molecule has 0 bridgehead atoms. The number of pyridine rings is 1. The number of rotatable bonds is 0. The van der Waals surface area contributed by atoms with Crippen LogP contribution in [0.15, 0.2) is 85.2 Å². The van der Waals surface area contributed by atoms with Crippen molar-refractivity contribution in [3.05, 3.63) is 130 Å². The zero-order valence-corrected chi connectivity index (χ0v) is 19.3. The van der Waals surface area contributed by atoms with Crippen LogP contribution in [0.5, 0.6) is 0 Å².